The van der Waals surface area contributed by atoms with E-state index < -0.39 is 0 Å². The normalized spacial score (nSPS) is 15.8. The summed E-state index contributed by atoms with van der Waals surface area (Å²) >= 11 is 1.26. The Hall–Kier alpha value is -2.99. The summed E-state index contributed by atoms with van der Waals surface area (Å²) in [6.07, 6.45) is 0.230. The molecular formula is C21H17FN2O2S. The Morgan fingerprint density at radius 3 is 2.70 bits per heavy atom. The molecule has 0 fully saturated rings. The number of halogens is 1. The number of hydrogen-bond acceptors (Lipinski definition) is 3. The van der Waals surface area contributed by atoms with Crippen LogP contribution in [0.5, 0.6) is 0 Å². The topological polar surface area (TPSA) is 58.2 Å². The summed E-state index contributed by atoms with van der Waals surface area (Å²) in [7, 11) is 0. The molecule has 1 aromatic heterocycles. The average molecular weight is 380 g/mol. The van der Waals surface area contributed by atoms with E-state index in [-0.39, 0.29) is 30.0 Å². The van der Waals surface area contributed by atoms with Gasteiger partial charge in [0.05, 0.1) is 9.88 Å². The number of para-hydroxylation sites is 1. The molecule has 4 rings (SSSR count). The van der Waals surface area contributed by atoms with Gasteiger partial charge in [-0.05, 0) is 47.9 Å². The van der Waals surface area contributed by atoms with Crippen molar-refractivity contribution in [1.82, 2.24) is 0 Å². The molecule has 2 N–H and O–H groups in total. The summed E-state index contributed by atoms with van der Waals surface area (Å²) in [5.74, 6) is -0.952. The van der Waals surface area contributed by atoms with E-state index in [1.54, 1.807) is 6.07 Å². The van der Waals surface area contributed by atoms with E-state index in [9.17, 15) is 14.0 Å². The van der Waals surface area contributed by atoms with E-state index in [2.05, 4.69) is 10.6 Å². The maximum absolute atomic E-state index is 13.7. The summed E-state index contributed by atoms with van der Waals surface area (Å²) in [4.78, 5) is 25.5. The number of hydrogen-bond donors (Lipinski definition) is 2. The van der Waals surface area contributed by atoms with Crippen LogP contribution in [-0.4, -0.2) is 11.8 Å². The highest BCUT2D eigenvalue weighted by molar-refractivity contribution is 7.18. The first kappa shape index (κ1) is 17.4. The van der Waals surface area contributed by atoms with Crippen molar-refractivity contribution in [1.29, 1.82) is 0 Å². The van der Waals surface area contributed by atoms with Crippen molar-refractivity contribution in [3.8, 4) is 0 Å². The van der Waals surface area contributed by atoms with Gasteiger partial charge in [-0.3, -0.25) is 9.59 Å². The number of carbonyl (C=O) groups is 2. The monoisotopic (exact) mass is 380 g/mol. The summed E-state index contributed by atoms with van der Waals surface area (Å²) in [5.41, 5.74) is 3.15. The van der Waals surface area contributed by atoms with Crippen molar-refractivity contribution in [2.45, 2.75) is 19.3 Å². The van der Waals surface area contributed by atoms with Gasteiger partial charge in [0.1, 0.15) is 5.82 Å². The summed E-state index contributed by atoms with van der Waals surface area (Å²) in [5, 5.41) is 6.41. The van der Waals surface area contributed by atoms with E-state index in [1.807, 2.05) is 43.3 Å². The van der Waals surface area contributed by atoms with Crippen molar-refractivity contribution in [3.63, 3.8) is 0 Å². The number of nitrogens with one attached hydrogen (secondary N) is 2. The van der Waals surface area contributed by atoms with Crippen LogP contribution in [0.25, 0.3) is 0 Å². The van der Waals surface area contributed by atoms with Gasteiger partial charge in [-0.25, -0.2) is 4.39 Å². The van der Waals surface area contributed by atoms with Gasteiger partial charge in [0.15, 0.2) is 0 Å². The highest BCUT2D eigenvalue weighted by atomic mass is 32.1. The number of fused-ring (bicyclic) bond motifs is 1. The molecule has 1 aliphatic rings. The summed E-state index contributed by atoms with van der Waals surface area (Å²) in [6.45, 7) is 1.87. The minimum Gasteiger partial charge on any atom is -0.321 e. The summed E-state index contributed by atoms with van der Waals surface area (Å²) in [6, 6.07) is 15.5. The molecule has 27 heavy (non-hydrogen) atoms. The number of amides is 2. The van der Waals surface area contributed by atoms with Crippen LogP contribution < -0.4 is 10.6 Å². The Kier molecular flexibility index (Phi) is 4.49. The van der Waals surface area contributed by atoms with E-state index in [4.69, 9.17) is 0 Å². The third kappa shape index (κ3) is 3.36. The number of anilines is 2. The maximum atomic E-state index is 13.7. The van der Waals surface area contributed by atoms with Crippen molar-refractivity contribution >= 4 is 33.8 Å². The largest absolute Gasteiger partial charge is 0.321 e. The third-order valence-corrected chi connectivity index (χ3v) is 5.90. The first-order chi connectivity index (χ1) is 13.0. The minimum atomic E-state index is -0.338. The SMILES string of the molecule is Cc1c(C(=O)Nc2ccccc2)sc2c1[C@@H](c1cccc(F)c1)CC(=O)N2. The van der Waals surface area contributed by atoms with Gasteiger partial charge in [0.2, 0.25) is 5.91 Å². The molecule has 0 saturated heterocycles. The van der Waals surface area contributed by atoms with Gasteiger partial charge < -0.3 is 10.6 Å². The molecule has 4 nitrogen and oxygen atoms in total. The zero-order chi connectivity index (χ0) is 19.0. The molecule has 0 aliphatic carbocycles. The van der Waals surface area contributed by atoms with Gasteiger partial charge in [0, 0.05) is 18.0 Å². The van der Waals surface area contributed by atoms with Crippen molar-refractivity contribution < 1.29 is 14.0 Å². The smallest absolute Gasteiger partial charge is 0.266 e. The van der Waals surface area contributed by atoms with Crippen molar-refractivity contribution in [2.24, 2.45) is 0 Å². The molecular weight excluding hydrogens is 363 g/mol. The maximum Gasteiger partial charge on any atom is 0.266 e. The molecule has 0 saturated carbocycles. The number of rotatable bonds is 3. The Morgan fingerprint density at radius 1 is 1.19 bits per heavy atom. The van der Waals surface area contributed by atoms with Crippen LogP contribution >= 0.6 is 11.3 Å². The number of carbonyl (C=O) groups excluding carboxylic acids is 2. The Morgan fingerprint density at radius 2 is 1.96 bits per heavy atom. The number of benzene rings is 2. The van der Waals surface area contributed by atoms with E-state index in [1.165, 1.54) is 23.5 Å². The van der Waals surface area contributed by atoms with Gasteiger partial charge in [0.25, 0.3) is 5.91 Å². The second-order valence-electron chi connectivity index (χ2n) is 6.48. The molecule has 1 atom stereocenters. The predicted molar refractivity (Wildman–Crippen MR) is 105 cm³/mol. The Balaban J connectivity index is 1.73. The molecule has 2 amide bonds. The van der Waals surface area contributed by atoms with Crippen LogP contribution in [0.4, 0.5) is 15.1 Å². The lowest BCUT2D eigenvalue weighted by Gasteiger charge is -2.24. The van der Waals surface area contributed by atoms with Crippen LogP contribution in [0, 0.1) is 12.7 Å². The van der Waals surface area contributed by atoms with Gasteiger partial charge in [-0.1, -0.05) is 30.3 Å². The molecule has 136 valence electrons. The van der Waals surface area contributed by atoms with Crippen molar-refractivity contribution in [2.75, 3.05) is 10.6 Å². The molecule has 3 aromatic rings. The predicted octanol–water partition coefficient (Wildman–Crippen LogP) is 4.92. The third-order valence-electron chi connectivity index (χ3n) is 4.67. The quantitative estimate of drug-likeness (QED) is 0.677. The highest BCUT2D eigenvalue weighted by Crippen LogP contribution is 2.45. The zero-order valence-electron chi connectivity index (χ0n) is 14.6. The van der Waals surface area contributed by atoms with E-state index in [0.717, 1.165) is 16.7 Å². The second-order valence-corrected chi connectivity index (χ2v) is 7.50. The second kappa shape index (κ2) is 6.96. The van der Waals surface area contributed by atoms with Gasteiger partial charge in [-0.15, -0.1) is 11.3 Å². The molecule has 2 aromatic carbocycles. The fourth-order valence-electron chi connectivity index (χ4n) is 3.44. The highest BCUT2D eigenvalue weighted by Gasteiger charge is 2.33. The van der Waals surface area contributed by atoms with Gasteiger partial charge >= 0.3 is 0 Å². The minimum absolute atomic E-state index is 0.131. The molecule has 6 heteroatoms. The van der Waals surface area contributed by atoms with E-state index in [0.29, 0.717) is 15.6 Å². The number of thiophene rings is 1. The lowest BCUT2D eigenvalue weighted by molar-refractivity contribution is -0.116. The van der Waals surface area contributed by atoms with Crippen molar-refractivity contribution in [3.05, 3.63) is 82.0 Å². The fraction of sp³-hybridized carbons (Fsp3) is 0.143. The average Bonchev–Trinajstić information content (AvgIpc) is 2.98. The first-order valence-electron chi connectivity index (χ1n) is 8.58. The summed E-state index contributed by atoms with van der Waals surface area (Å²) < 4.78 is 13.7. The van der Waals surface area contributed by atoms with Crippen LogP contribution in [0.15, 0.2) is 54.6 Å². The fourth-order valence-corrected chi connectivity index (χ4v) is 4.62. The zero-order valence-corrected chi connectivity index (χ0v) is 15.4. The van der Waals surface area contributed by atoms with Gasteiger partial charge in [-0.2, -0.15) is 0 Å². The molecule has 0 radical (unpaired) electrons. The first-order valence-corrected chi connectivity index (χ1v) is 9.39. The molecule has 0 spiro atoms. The lowest BCUT2D eigenvalue weighted by Crippen LogP contribution is -2.22. The lowest BCUT2D eigenvalue weighted by atomic mass is 9.85. The van der Waals surface area contributed by atoms with Crippen LogP contribution in [0.1, 0.15) is 38.7 Å². The molecule has 0 unspecified atom stereocenters. The Bertz CT molecular complexity index is 1030. The van der Waals surface area contributed by atoms with Crippen LogP contribution in [-0.2, 0) is 4.79 Å². The standard InChI is InChI=1S/C21H17FN2O2S/c1-12-18-16(13-6-5-7-14(22)10-13)11-17(25)24-21(18)27-19(12)20(26)23-15-8-3-2-4-9-15/h2-10,16H,11H2,1H3,(H,23,26)(H,24,25)/t16-/m1/s1. The molecule has 1 aliphatic heterocycles. The molecule has 0 bridgehead atoms. The van der Waals surface area contributed by atoms with E-state index >= 15 is 0 Å². The molecule has 2 heterocycles. The van der Waals surface area contributed by atoms with Crippen LogP contribution in [0.2, 0.25) is 0 Å². The van der Waals surface area contributed by atoms with Crippen LogP contribution in [0.3, 0.4) is 0 Å². The Labute approximate surface area is 160 Å².